The van der Waals surface area contributed by atoms with Gasteiger partial charge in [0, 0.05) is 41.8 Å². The van der Waals surface area contributed by atoms with Crippen LogP contribution in [-0.4, -0.2) is 28.6 Å². The van der Waals surface area contributed by atoms with E-state index in [1.54, 1.807) is 19.6 Å². The first kappa shape index (κ1) is 12.5. The number of aromatic amines is 1. The summed E-state index contributed by atoms with van der Waals surface area (Å²) in [7, 11) is 1.68. The molecule has 0 fully saturated rings. The maximum Gasteiger partial charge on any atom is 0.133 e. The molecular weight excluding hydrogens is 252 g/mol. The Labute approximate surface area is 117 Å². The van der Waals surface area contributed by atoms with Gasteiger partial charge in [-0.05, 0) is 12.1 Å². The third-order valence-corrected chi connectivity index (χ3v) is 3.23. The highest BCUT2D eigenvalue weighted by Gasteiger charge is 2.06. The van der Waals surface area contributed by atoms with Crippen LogP contribution in [0.15, 0.2) is 43.0 Å². The number of methoxy groups -OCH3 is 1. The fraction of sp³-hybridized carbons (Fsp3) is 0.200. The second-order valence-electron chi connectivity index (χ2n) is 4.47. The largest absolute Gasteiger partial charge is 0.496 e. The molecule has 102 valence electrons. The average molecular weight is 268 g/mol. The Morgan fingerprint density at radius 1 is 1.25 bits per heavy atom. The summed E-state index contributed by atoms with van der Waals surface area (Å²) in [6.45, 7) is 0.797. The normalized spacial score (nSPS) is 10.7. The Hall–Kier alpha value is -2.56. The third kappa shape index (κ3) is 2.42. The maximum absolute atomic E-state index is 5.38. The minimum absolute atomic E-state index is 0.797. The molecule has 0 unspecified atom stereocenters. The van der Waals surface area contributed by atoms with Gasteiger partial charge >= 0.3 is 0 Å². The molecule has 2 N–H and O–H groups in total. The van der Waals surface area contributed by atoms with Crippen LogP contribution in [-0.2, 0) is 6.42 Å². The highest BCUT2D eigenvalue weighted by atomic mass is 16.5. The average Bonchev–Trinajstić information content (AvgIpc) is 3.00. The number of nitrogens with one attached hydrogen (secondary N) is 2. The smallest absolute Gasteiger partial charge is 0.133 e. The topological polar surface area (TPSA) is 62.8 Å². The molecule has 0 aliphatic heterocycles. The van der Waals surface area contributed by atoms with Crippen molar-refractivity contribution in [2.24, 2.45) is 0 Å². The van der Waals surface area contributed by atoms with Gasteiger partial charge in [-0.15, -0.1) is 0 Å². The van der Waals surface area contributed by atoms with E-state index in [4.69, 9.17) is 4.74 Å². The zero-order valence-corrected chi connectivity index (χ0v) is 11.3. The molecular formula is C15H16N4O. The highest BCUT2D eigenvalue weighted by molar-refractivity contribution is 5.95. The summed E-state index contributed by atoms with van der Waals surface area (Å²) in [6.07, 6.45) is 6.20. The summed E-state index contributed by atoms with van der Waals surface area (Å²) in [6, 6.07) is 7.94. The number of hydrogen-bond acceptors (Lipinski definition) is 4. The van der Waals surface area contributed by atoms with E-state index >= 15 is 0 Å². The van der Waals surface area contributed by atoms with Crippen molar-refractivity contribution in [3.63, 3.8) is 0 Å². The fourth-order valence-corrected chi connectivity index (χ4v) is 2.23. The lowest BCUT2D eigenvalue weighted by atomic mass is 10.1. The molecule has 0 bridgehead atoms. The lowest BCUT2D eigenvalue weighted by Gasteiger charge is -2.10. The number of hydrogen-bond donors (Lipinski definition) is 2. The molecule has 0 aliphatic carbocycles. The number of pyridine rings is 1. The van der Waals surface area contributed by atoms with E-state index in [-0.39, 0.29) is 0 Å². The van der Waals surface area contributed by atoms with Crippen LogP contribution >= 0.6 is 0 Å². The van der Waals surface area contributed by atoms with E-state index < -0.39 is 0 Å². The van der Waals surface area contributed by atoms with E-state index in [1.807, 2.05) is 30.5 Å². The summed E-state index contributed by atoms with van der Waals surface area (Å²) < 4.78 is 5.38. The summed E-state index contributed by atoms with van der Waals surface area (Å²) in [5.74, 6) is 1.74. The van der Waals surface area contributed by atoms with Gasteiger partial charge in [0.2, 0.25) is 0 Å². The predicted molar refractivity (Wildman–Crippen MR) is 79.1 cm³/mol. The lowest BCUT2D eigenvalue weighted by molar-refractivity contribution is 0.420. The summed E-state index contributed by atoms with van der Waals surface area (Å²) in [5, 5.41) is 5.49. The molecule has 0 atom stereocenters. The molecule has 3 rings (SSSR count). The second kappa shape index (κ2) is 5.61. The minimum atomic E-state index is 0.797. The first-order valence-electron chi connectivity index (χ1n) is 6.51. The molecule has 0 saturated carbocycles. The molecule has 5 heteroatoms. The molecule has 3 aromatic rings. The number of fused-ring (bicyclic) bond motifs is 1. The van der Waals surface area contributed by atoms with Crippen molar-refractivity contribution in [2.75, 3.05) is 19.0 Å². The van der Waals surface area contributed by atoms with Gasteiger partial charge in [-0.2, -0.15) is 0 Å². The molecule has 0 amide bonds. The quantitative estimate of drug-likeness (QED) is 0.746. The number of ether oxygens (including phenoxy) is 1. The van der Waals surface area contributed by atoms with Crippen molar-refractivity contribution in [1.29, 1.82) is 0 Å². The molecule has 0 saturated heterocycles. The third-order valence-electron chi connectivity index (χ3n) is 3.23. The van der Waals surface area contributed by atoms with Crippen LogP contribution in [0.3, 0.4) is 0 Å². The number of nitrogens with zero attached hydrogens (tertiary/aromatic N) is 2. The molecule has 5 nitrogen and oxygen atoms in total. The Bertz CT molecular complexity index is 694. The van der Waals surface area contributed by atoms with Crippen molar-refractivity contribution in [3.8, 4) is 5.75 Å². The first-order chi connectivity index (χ1) is 9.88. The number of anilines is 1. The second-order valence-corrected chi connectivity index (χ2v) is 4.47. The summed E-state index contributed by atoms with van der Waals surface area (Å²) in [5.41, 5.74) is 1.11. The molecule has 2 aromatic heterocycles. The Balaban J connectivity index is 1.81. The summed E-state index contributed by atoms with van der Waals surface area (Å²) >= 11 is 0. The number of aromatic nitrogens is 3. The number of H-pyrrole nitrogens is 1. The minimum Gasteiger partial charge on any atom is -0.496 e. The lowest BCUT2D eigenvalue weighted by Crippen LogP contribution is -2.07. The van der Waals surface area contributed by atoms with Gasteiger partial charge in [-0.25, -0.2) is 9.97 Å². The van der Waals surface area contributed by atoms with Gasteiger partial charge in [-0.3, -0.25) is 0 Å². The molecule has 0 spiro atoms. The van der Waals surface area contributed by atoms with Crippen LogP contribution in [0.25, 0.3) is 10.8 Å². The first-order valence-corrected chi connectivity index (χ1v) is 6.51. The van der Waals surface area contributed by atoms with E-state index in [9.17, 15) is 0 Å². The van der Waals surface area contributed by atoms with E-state index in [2.05, 4.69) is 20.3 Å². The molecule has 0 radical (unpaired) electrons. The SMILES string of the molecule is COc1cccc2c(NCCc3cnc[nH]3)nccc12. The van der Waals surface area contributed by atoms with E-state index in [0.29, 0.717) is 0 Å². The Morgan fingerprint density at radius 2 is 2.20 bits per heavy atom. The van der Waals surface area contributed by atoms with Crippen LogP contribution in [0.2, 0.25) is 0 Å². The van der Waals surface area contributed by atoms with Gasteiger partial charge in [0.05, 0.1) is 13.4 Å². The number of rotatable bonds is 5. The molecule has 20 heavy (non-hydrogen) atoms. The maximum atomic E-state index is 5.38. The van der Waals surface area contributed by atoms with Crippen molar-refractivity contribution in [3.05, 3.63) is 48.7 Å². The van der Waals surface area contributed by atoms with Crippen molar-refractivity contribution < 1.29 is 4.74 Å². The van der Waals surface area contributed by atoms with Crippen LogP contribution in [0, 0.1) is 0 Å². The van der Waals surface area contributed by atoms with E-state index in [1.165, 1.54) is 0 Å². The van der Waals surface area contributed by atoms with Crippen molar-refractivity contribution >= 4 is 16.6 Å². The van der Waals surface area contributed by atoms with Crippen LogP contribution in [0.4, 0.5) is 5.82 Å². The van der Waals surface area contributed by atoms with Crippen molar-refractivity contribution in [2.45, 2.75) is 6.42 Å². The Morgan fingerprint density at radius 3 is 3.00 bits per heavy atom. The van der Waals surface area contributed by atoms with Gasteiger partial charge in [0.25, 0.3) is 0 Å². The van der Waals surface area contributed by atoms with Gasteiger partial charge in [0.1, 0.15) is 11.6 Å². The molecule has 1 aromatic carbocycles. The molecule has 0 aliphatic rings. The monoisotopic (exact) mass is 268 g/mol. The zero-order valence-electron chi connectivity index (χ0n) is 11.3. The fourth-order valence-electron chi connectivity index (χ4n) is 2.23. The highest BCUT2D eigenvalue weighted by Crippen LogP contribution is 2.28. The van der Waals surface area contributed by atoms with E-state index in [0.717, 1.165) is 41.0 Å². The number of benzene rings is 1. The Kier molecular flexibility index (Phi) is 3.50. The zero-order chi connectivity index (χ0) is 13.8. The molecule has 2 heterocycles. The predicted octanol–water partition coefficient (Wildman–Crippen LogP) is 2.62. The van der Waals surface area contributed by atoms with Crippen LogP contribution < -0.4 is 10.1 Å². The number of imidazole rings is 1. The standard InChI is InChI=1S/C15H16N4O/c1-20-14-4-2-3-13-12(14)6-8-18-15(13)17-7-5-11-9-16-10-19-11/h2-4,6,8-10H,5,7H2,1H3,(H,16,19)(H,17,18). The van der Waals surface area contributed by atoms with Gasteiger partial charge in [0.15, 0.2) is 0 Å². The van der Waals surface area contributed by atoms with Crippen LogP contribution in [0.5, 0.6) is 5.75 Å². The van der Waals surface area contributed by atoms with Gasteiger partial charge in [-0.1, -0.05) is 12.1 Å². The van der Waals surface area contributed by atoms with Crippen LogP contribution in [0.1, 0.15) is 5.69 Å². The van der Waals surface area contributed by atoms with Gasteiger partial charge < -0.3 is 15.0 Å². The summed E-state index contributed by atoms with van der Waals surface area (Å²) in [4.78, 5) is 11.5. The van der Waals surface area contributed by atoms with Crippen molar-refractivity contribution in [1.82, 2.24) is 15.0 Å².